The molecule has 64 valence electrons. The molecule has 0 spiro atoms. The molecule has 0 saturated heterocycles. The number of aliphatic hydroxyl groups is 1. The van der Waals surface area contributed by atoms with Crippen LogP contribution in [-0.4, -0.2) is 10.2 Å². The lowest BCUT2D eigenvalue weighted by molar-refractivity contribution is 0.177. The van der Waals surface area contributed by atoms with Gasteiger partial charge in [0, 0.05) is 5.56 Å². The van der Waals surface area contributed by atoms with Crippen molar-refractivity contribution in [1.29, 1.82) is 0 Å². The summed E-state index contributed by atoms with van der Waals surface area (Å²) in [5, 5.41) is 19.0. The molecule has 1 rings (SSSR count). The van der Waals surface area contributed by atoms with Gasteiger partial charge >= 0.3 is 0 Å². The van der Waals surface area contributed by atoms with Crippen LogP contribution in [-0.2, 0) is 0 Å². The van der Waals surface area contributed by atoms with Crippen molar-refractivity contribution in [2.75, 3.05) is 0 Å². The smallest absolute Gasteiger partial charge is 0.121 e. The SMILES string of the molecule is [2H][C@](O)(CC=C)c1ccccc1O. The summed E-state index contributed by atoms with van der Waals surface area (Å²) >= 11 is 0. The Morgan fingerprint density at radius 3 is 2.83 bits per heavy atom. The molecule has 0 aliphatic heterocycles. The van der Waals surface area contributed by atoms with Gasteiger partial charge in [-0.1, -0.05) is 24.3 Å². The molecule has 12 heavy (non-hydrogen) atoms. The summed E-state index contributed by atoms with van der Waals surface area (Å²) < 4.78 is 7.53. The van der Waals surface area contributed by atoms with Gasteiger partial charge in [0.05, 0.1) is 7.45 Å². The van der Waals surface area contributed by atoms with E-state index >= 15 is 0 Å². The van der Waals surface area contributed by atoms with Crippen LogP contribution in [0, 0.1) is 0 Å². The molecule has 0 bridgehead atoms. The number of para-hydroxylation sites is 1. The fourth-order valence-electron chi connectivity index (χ4n) is 0.964. The van der Waals surface area contributed by atoms with Crippen LogP contribution in [0.2, 0.25) is 0 Å². The van der Waals surface area contributed by atoms with Crippen molar-refractivity contribution in [3.8, 4) is 5.75 Å². The Morgan fingerprint density at radius 1 is 1.58 bits per heavy atom. The maximum Gasteiger partial charge on any atom is 0.121 e. The first kappa shape index (κ1) is 7.37. The zero-order valence-corrected chi connectivity index (χ0v) is 6.70. The Labute approximate surface area is 73.2 Å². The molecule has 0 fully saturated rings. The van der Waals surface area contributed by atoms with Crippen LogP contribution in [0.3, 0.4) is 0 Å². The molecule has 0 saturated carbocycles. The predicted octanol–water partition coefficient (Wildman–Crippen LogP) is 2.00. The van der Waals surface area contributed by atoms with Crippen molar-refractivity contribution in [2.45, 2.75) is 12.5 Å². The molecule has 0 aromatic heterocycles. The normalized spacial score (nSPS) is 16.2. The van der Waals surface area contributed by atoms with Gasteiger partial charge in [-0.25, -0.2) is 0 Å². The van der Waals surface area contributed by atoms with Gasteiger partial charge < -0.3 is 10.2 Å². The molecule has 0 amide bonds. The molecular formula is C10H12O2. The van der Waals surface area contributed by atoms with E-state index in [-0.39, 0.29) is 17.7 Å². The fraction of sp³-hybridized carbons (Fsp3) is 0.200. The summed E-state index contributed by atoms with van der Waals surface area (Å²) in [5.74, 6) is -0.0677. The quantitative estimate of drug-likeness (QED) is 0.672. The van der Waals surface area contributed by atoms with Crippen molar-refractivity contribution in [1.82, 2.24) is 0 Å². The first-order valence-corrected chi connectivity index (χ1v) is 3.69. The number of phenolic OH excluding ortho intramolecular Hbond substituents is 1. The van der Waals surface area contributed by atoms with E-state index in [1.54, 1.807) is 12.1 Å². The Hall–Kier alpha value is -1.28. The van der Waals surface area contributed by atoms with E-state index < -0.39 is 6.08 Å². The van der Waals surface area contributed by atoms with Crippen LogP contribution in [0.5, 0.6) is 5.75 Å². The van der Waals surface area contributed by atoms with Crippen molar-refractivity contribution in [2.24, 2.45) is 0 Å². The van der Waals surface area contributed by atoms with Crippen molar-refractivity contribution < 1.29 is 11.6 Å². The summed E-state index contributed by atoms with van der Waals surface area (Å²) in [6.07, 6.45) is -0.253. The second-order valence-corrected chi connectivity index (χ2v) is 2.46. The third kappa shape index (κ3) is 1.86. The molecule has 0 aliphatic rings. The standard InChI is InChI=1S/C10H12O2/c1-2-5-9(11)8-6-3-4-7-10(8)12/h2-4,6-7,9,11-12H,1,5H2/t9-/m0/s1/i9D. The van der Waals surface area contributed by atoms with Crippen LogP contribution in [0.1, 0.15) is 19.4 Å². The number of rotatable bonds is 3. The predicted molar refractivity (Wildman–Crippen MR) is 47.9 cm³/mol. The van der Waals surface area contributed by atoms with E-state index in [9.17, 15) is 10.2 Å². The zero-order valence-electron chi connectivity index (χ0n) is 7.70. The Balaban J connectivity index is 3.06. The van der Waals surface area contributed by atoms with Crippen LogP contribution < -0.4 is 0 Å². The first-order valence-electron chi connectivity index (χ1n) is 4.19. The fourth-order valence-corrected chi connectivity index (χ4v) is 0.964. The van der Waals surface area contributed by atoms with Crippen molar-refractivity contribution >= 4 is 0 Å². The lowest BCUT2D eigenvalue weighted by atomic mass is 10.1. The lowest BCUT2D eigenvalue weighted by Crippen LogP contribution is -1.95. The van der Waals surface area contributed by atoms with Crippen LogP contribution in [0.15, 0.2) is 36.9 Å². The second-order valence-electron chi connectivity index (χ2n) is 2.46. The van der Waals surface area contributed by atoms with E-state index in [0.717, 1.165) is 0 Å². The number of phenols is 1. The number of benzene rings is 1. The molecule has 0 radical (unpaired) electrons. The van der Waals surface area contributed by atoms with Gasteiger partial charge in [-0.05, 0) is 12.5 Å². The summed E-state index contributed by atoms with van der Waals surface area (Å²) in [4.78, 5) is 0. The van der Waals surface area contributed by atoms with Gasteiger partial charge in [-0.3, -0.25) is 0 Å². The van der Waals surface area contributed by atoms with Gasteiger partial charge in [0.1, 0.15) is 5.75 Å². The van der Waals surface area contributed by atoms with Crippen molar-refractivity contribution in [3.05, 3.63) is 42.5 Å². The minimum Gasteiger partial charge on any atom is -0.508 e. The number of hydrogen-bond donors (Lipinski definition) is 2. The van der Waals surface area contributed by atoms with Crippen LogP contribution in [0.25, 0.3) is 0 Å². The summed E-state index contributed by atoms with van der Waals surface area (Å²) in [7, 11) is 0. The highest BCUT2D eigenvalue weighted by Gasteiger charge is 2.08. The highest BCUT2D eigenvalue weighted by molar-refractivity contribution is 5.33. The molecule has 0 heterocycles. The van der Waals surface area contributed by atoms with Crippen LogP contribution >= 0.6 is 0 Å². The molecule has 1 aromatic carbocycles. The maximum atomic E-state index is 9.60. The Bertz CT molecular complexity index is 308. The highest BCUT2D eigenvalue weighted by Crippen LogP contribution is 2.25. The third-order valence-electron chi connectivity index (χ3n) is 1.55. The molecule has 0 unspecified atom stereocenters. The summed E-state index contributed by atoms with van der Waals surface area (Å²) in [6.45, 7) is 3.44. The van der Waals surface area contributed by atoms with E-state index in [1.807, 2.05) is 0 Å². The van der Waals surface area contributed by atoms with Gasteiger partial charge in [0.2, 0.25) is 0 Å². The molecule has 2 N–H and O–H groups in total. The first-order chi connectivity index (χ1) is 6.08. The van der Waals surface area contributed by atoms with Gasteiger partial charge in [0.15, 0.2) is 0 Å². The molecule has 1 aromatic rings. The lowest BCUT2D eigenvalue weighted by Gasteiger charge is -2.09. The second kappa shape index (κ2) is 3.93. The largest absolute Gasteiger partial charge is 0.508 e. The van der Waals surface area contributed by atoms with Gasteiger partial charge in [0.25, 0.3) is 0 Å². The average Bonchev–Trinajstić information content (AvgIpc) is 2.04. The minimum atomic E-state index is -1.78. The Kier molecular flexibility index (Phi) is 2.41. The third-order valence-corrected chi connectivity index (χ3v) is 1.55. The summed E-state index contributed by atoms with van der Waals surface area (Å²) in [5.41, 5.74) is 0.204. The highest BCUT2D eigenvalue weighted by atomic mass is 16.3. The maximum absolute atomic E-state index is 9.60. The van der Waals surface area contributed by atoms with E-state index in [1.165, 1.54) is 18.2 Å². The molecular weight excluding hydrogens is 152 g/mol. The summed E-state index contributed by atoms with van der Waals surface area (Å²) in [6, 6.07) is 6.27. The minimum absolute atomic E-state index is 0.0677. The molecule has 1 atom stereocenters. The van der Waals surface area contributed by atoms with Crippen molar-refractivity contribution in [3.63, 3.8) is 0 Å². The van der Waals surface area contributed by atoms with Gasteiger partial charge in [-0.2, -0.15) is 0 Å². The van der Waals surface area contributed by atoms with E-state index in [2.05, 4.69) is 6.58 Å². The van der Waals surface area contributed by atoms with E-state index in [4.69, 9.17) is 1.37 Å². The van der Waals surface area contributed by atoms with E-state index in [0.29, 0.717) is 0 Å². The Morgan fingerprint density at radius 2 is 2.25 bits per heavy atom. The zero-order chi connectivity index (χ0) is 9.90. The topological polar surface area (TPSA) is 40.5 Å². The molecule has 2 heteroatoms. The monoisotopic (exact) mass is 165 g/mol. The molecule has 2 nitrogen and oxygen atoms in total. The van der Waals surface area contributed by atoms with Crippen LogP contribution in [0.4, 0.5) is 0 Å². The number of hydrogen-bond acceptors (Lipinski definition) is 2. The van der Waals surface area contributed by atoms with Gasteiger partial charge in [-0.15, -0.1) is 6.58 Å². The molecule has 0 aliphatic carbocycles. The average molecular weight is 165 g/mol. The number of aromatic hydroxyl groups is 1.